The number of thiocarbonyl (C=S) groups is 1. The molecule has 2 fully saturated rings. The summed E-state index contributed by atoms with van der Waals surface area (Å²) in [5.74, 6) is 1.00. The number of anilines is 3. The van der Waals surface area contributed by atoms with Gasteiger partial charge in [0, 0.05) is 44.1 Å². The average Bonchev–Trinajstić information content (AvgIpc) is 3.29. The van der Waals surface area contributed by atoms with Crippen molar-refractivity contribution in [2.75, 3.05) is 68.1 Å². The third kappa shape index (κ3) is 7.67. The normalized spacial score (nSPS) is 17.2. The lowest BCUT2D eigenvalue weighted by Gasteiger charge is -2.36. The van der Waals surface area contributed by atoms with Crippen molar-refractivity contribution in [2.45, 2.75) is 32.2 Å². The SMILES string of the molecule is CCCOc1ccc(NC(=O)CC2C(=O)N(c3ccc(OC)cc3)C(=S)N2CCCN2CCN(c3ccccc3)CC2)cc1. The van der Waals surface area contributed by atoms with Crippen LogP contribution in [-0.2, 0) is 9.59 Å². The summed E-state index contributed by atoms with van der Waals surface area (Å²) in [7, 11) is 1.60. The second kappa shape index (κ2) is 15.0. The minimum absolute atomic E-state index is 0.00450. The van der Waals surface area contributed by atoms with Gasteiger partial charge in [0.2, 0.25) is 5.91 Å². The molecule has 9 nitrogen and oxygen atoms in total. The standard InChI is InChI=1S/C34H41N5O4S/c1-3-24-43-30-14-10-26(11-15-30)35-32(40)25-31-33(41)39(28-12-16-29(42-2)17-13-28)34(44)38(31)19-7-18-36-20-22-37(23-21-36)27-8-5-4-6-9-27/h4-6,8-17,31H,3,7,18-25H2,1-2H3,(H,35,40). The molecule has 0 aromatic heterocycles. The van der Waals surface area contributed by atoms with Crippen LogP contribution in [0.3, 0.4) is 0 Å². The van der Waals surface area contributed by atoms with E-state index < -0.39 is 6.04 Å². The Kier molecular flexibility index (Phi) is 10.7. The van der Waals surface area contributed by atoms with Crippen LogP contribution in [0, 0.1) is 0 Å². The predicted octanol–water partition coefficient (Wildman–Crippen LogP) is 5.03. The van der Waals surface area contributed by atoms with E-state index in [9.17, 15) is 9.59 Å². The van der Waals surface area contributed by atoms with Crippen molar-refractivity contribution in [1.82, 2.24) is 9.80 Å². The molecule has 0 spiro atoms. The Balaban J connectivity index is 1.22. The molecule has 2 heterocycles. The number of hydrogen-bond acceptors (Lipinski definition) is 7. The molecule has 232 valence electrons. The van der Waals surface area contributed by atoms with Crippen LogP contribution in [0.25, 0.3) is 0 Å². The maximum Gasteiger partial charge on any atom is 0.256 e. The summed E-state index contributed by atoms with van der Waals surface area (Å²) in [4.78, 5) is 35.3. The van der Waals surface area contributed by atoms with E-state index >= 15 is 0 Å². The third-order valence-corrected chi connectivity index (χ3v) is 8.42. The summed E-state index contributed by atoms with van der Waals surface area (Å²) in [6.07, 6.45) is 1.74. The molecule has 10 heteroatoms. The van der Waals surface area contributed by atoms with Crippen molar-refractivity contribution in [3.8, 4) is 11.5 Å². The second-order valence-electron chi connectivity index (χ2n) is 11.0. The van der Waals surface area contributed by atoms with Crippen LogP contribution < -0.4 is 24.6 Å². The van der Waals surface area contributed by atoms with Crippen molar-refractivity contribution >= 4 is 46.2 Å². The zero-order valence-corrected chi connectivity index (χ0v) is 26.3. The first kappa shape index (κ1) is 31.3. The predicted molar refractivity (Wildman–Crippen MR) is 179 cm³/mol. The van der Waals surface area contributed by atoms with Gasteiger partial charge in [-0.15, -0.1) is 0 Å². The number of methoxy groups -OCH3 is 1. The maximum atomic E-state index is 13.8. The summed E-state index contributed by atoms with van der Waals surface area (Å²) in [5.41, 5.74) is 2.57. The molecule has 0 bridgehead atoms. The van der Waals surface area contributed by atoms with Crippen LogP contribution in [0.2, 0.25) is 0 Å². The van der Waals surface area contributed by atoms with E-state index in [-0.39, 0.29) is 18.2 Å². The van der Waals surface area contributed by atoms with Gasteiger partial charge in [0.15, 0.2) is 5.11 Å². The van der Waals surface area contributed by atoms with Gasteiger partial charge in [0.25, 0.3) is 5.91 Å². The van der Waals surface area contributed by atoms with Crippen molar-refractivity contribution < 1.29 is 19.1 Å². The van der Waals surface area contributed by atoms with Crippen LogP contribution in [0.15, 0.2) is 78.9 Å². The molecule has 3 aromatic rings. The van der Waals surface area contributed by atoms with E-state index in [0.717, 1.165) is 51.3 Å². The molecule has 1 N–H and O–H groups in total. The highest BCUT2D eigenvalue weighted by atomic mass is 32.1. The summed E-state index contributed by atoms with van der Waals surface area (Å²) >= 11 is 5.86. The fourth-order valence-electron chi connectivity index (χ4n) is 5.63. The molecule has 44 heavy (non-hydrogen) atoms. The van der Waals surface area contributed by atoms with Crippen LogP contribution in [0.1, 0.15) is 26.2 Å². The van der Waals surface area contributed by atoms with Gasteiger partial charge in [-0.05, 0) is 92.3 Å². The fourth-order valence-corrected chi connectivity index (χ4v) is 6.05. The largest absolute Gasteiger partial charge is 0.497 e. The number of ether oxygens (including phenoxy) is 2. The van der Waals surface area contributed by atoms with E-state index in [1.54, 1.807) is 24.1 Å². The van der Waals surface area contributed by atoms with Crippen molar-refractivity contribution in [3.63, 3.8) is 0 Å². The highest BCUT2D eigenvalue weighted by Crippen LogP contribution is 2.29. The Labute approximate surface area is 265 Å². The van der Waals surface area contributed by atoms with Crippen molar-refractivity contribution in [2.24, 2.45) is 0 Å². The van der Waals surface area contributed by atoms with Gasteiger partial charge in [-0.3, -0.25) is 19.4 Å². The van der Waals surface area contributed by atoms with E-state index in [4.69, 9.17) is 21.7 Å². The second-order valence-corrected chi connectivity index (χ2v) is 11.4. The number of piperazine rings is 1. The van der Waals surface area contributed by atoms with Crippen LogP contribution in [-0.4, -0.2) is 85.8 Å². The number of rotatable bonds is 13. The molecule has 0 aliphatic carbocycles. The lowest BCUT2D eigenvalue weighted by Crippen LogP contribution is -2.47. The molecule has 2 saturated heterocycles. The Bertz CT molecular complexity index is 1400. The van der Waals surface area contributed by atoms with E-state index in [1.165, 1.54) is 5.69 Å². The Hall–Kier alpha value is -4.15. The molecular weight excluding hydrogens is 574 g/mol. The topological polar surface area (TPSA) is 77.6 Å². The quantitative estimate of drug-likeness (QED) is 0.269. The molecule has 2 aliphatic rings. The molecule has 1 atom stereocenters. The number of para-hydroxylation sites is 1. The van der Waals surface area contributed by atoms with Crippen molar-refractivity contribution in [3.05, 3.63) is 78.9 Å². The Morgan fingerprint density at radius 2 is 1.57 bits per heavy atom. The van der Waals surface area contributed by atoms with Gasteiger partial charge in [0.05, 0.1) is 25.8 Å². The van der Waals surface area contributed by atoms with Gasteiger partial charge >= 0.3 is 0 Å². The molecule has 3 aromatic carbocycles. The number of amides is 2. The highest BCUT2D eigenvalue weighted by molar-refractivity contribution is 7.80. The minimum Gasteiger partial charge on any atom is -0.497 e. The van der Waals surface area contributed by atoms with Gasteiger partial charge in [-0.2, -0.15) is 0 Å². The van der Waals surface area contributed by atoms with Crippen molar-refractivity contribution in [1.29, 1.82) is 0 Å². The number of hydrogen-bond donors (Lipinski definition) is 1. The van der Waals surface area contributed by atoms with Crippen LogP contribution in [0.5, 0.6) is 11.5 Å². The van der Waals surface area contributed by atoms with E-state index in [2.05, 4.69) is 46.3 Å². The molecule has 2 aliphatic heterocycles. The first-order valence-corrected chi connectivity index (χ1v) is 15.7. The van der Waals surface area contributed by atoms with Gasteiger partial charge in [-0.25, -0.2) is 0 Å². The van der Waals surface area contributed by atoms with E-state index in [1.807, 2.05) is 47.4 Å². The van der Waals surface area contributed by atoms with Crippen LogP contribution in [0.4, 0.5) is 17.1 Å². The van der Waals surface area contributed by atoms with Gasteiger partial charge in [0.1, 0.15) is 17.5 Å². The molecule has 0 saturated carbocycles. The maximum absolute atomic E-state index is 13.8. The number of benzene rings is 3. The third-order valence-electron chi connectivity index (χ3n) is 8.01. The highest BCUT2D eigenvalue weighted by Gasteiger charge is 2.44. The van der Waals surface area contributed by atoms with Gasteiger partial charge < -0.3 is 24.6 Å². The Morgan fingerprint density at radius 1 is 0.886 bits per heavy atom. The van der Waals surface area contributed by atoms with Gasteiger partial charge in [-0.1, -0.05) is 25.1 Å². The monoisotopic (exact) mass is 615 g/mol. The molecule has 0 radical (unpaired) electrons. The summed E-state index contributed by atoms with van der Waals surface area (Å²) in [6, 6.07) is 24.3. The number of carbonyl (C=O) groups is 2. The molecule has 5 rings (SSSR count). The average molecular weight is 616 g/mol. The fraction of sp³-hybridized carbons (Fsp3) is 0.382. The molecule has 1 unspecified atom stereocenters. The zero-order valence-electron chi connectivity index (χ0n) is 25.5. The first-order chi connectivity index (χ1) is 21.5. The first-order valence-electron chi connectivity index (χ1n) is 15.3. The molecule has 2 amide bonds. The zero-order chi connectivity index (χ0) is 30.9. The lowest BCUT2D eigenvalue weighted by atomic mass is 10.1. The number of nitrogens with one attached hydrogen (secondary N) is 1. The minimum atomic E-state index is -0.688. The Morgan fingerprint density at radius 3 is 2.23 bits per heavy atom. The smallest absolute Gasteiger partial charge is 0.256 e. The lowest BCUT2D eigenvalue weighted by molar-refractivity contribution is -0.124. The summed E-state index contributed by atoms with van der Waals surface area (Å²) in [6.45, 7) is 8.07. The van der Waals surface area contributed by atoms with E-state index in [0.29, 0.717) is 35.4 Å². The number of nitrogens with zero attached hydrogens (tertiary/aromatic N) is 4. The number of carbonyl (C=O) groups excluding carboxylic acids is 2. The molecular formula is C34H41N5O4S. The summed E-state index contributed by atoms with van der Waals surface area (Å²) in [5, 5.41) is 3.36. The summed E-state index contributed by atoms with van der Waals surface area (Å²) < 4.78 is 10.9. The van der Waals surface area contributed by atoms with Crippen LogP contribution >= 0.6 is 12.2 Å².